The molecule has 0 radical (unpaired) electrons. The lowest BCUT2D eigenvalue weighted by atomic mass is 9.92. The average Bonchev–Trinajstić information content (AvgIpc) is 3.86. The lowest BCUT2D eigenvalue weighted by molar-refractivity contribution is -0.427. The van der Waals surface area contributed by atoms with Gasteiger partial charge >= 0.3 is 0 Å². The third kappa shape index (κ3) is 6.73. The Hall–Kier alpha value is -4.36. The summed E-state index contributed by atoms with van der Waals surface area (Å²) in [6, 6.07) is 14.4. The van der Waals surface area contributed by atoms with Gasteiger partial charge in [-0.1, -0.05) is 55.1 Å². The van der Waals surface area contributed by atoms with E-state index in [1.807, 2.05) is 54.8 Å². The van der Waals surface area contributed by atoms with Crippen molar-refractivity contribution < 1.29 is 13.4 Å². The van der Waals surface area contributed by atoms with Crippen molar-refractivity contribution >= 4 is 29.8 Å². The number of rotatable bonds is 10. The maximum Gasteiger partial charge on any atom is 0.211 e. The van der Waals surface area contributed by atoms with Crippen molar-refractivity contribution in [1.82, 2.24) is 15.6 Å². The van der Waals surface area contributed by atoms with E-state index in [0.717, 1.165) is 47.1 Å². The summed E-state index contributed by atoms with van der Waals surface area (Å²) in [7, 11) is 0. The molecular formula is C36H37ClF2N5+. The molecule has 2 aliphatic rings. The lowest BCUT2D eigenvalue weighted by Gasteiger charge is -2.22. The van der Waals surface area contributed by atoms with E-state index < -0.39 is 11.6 Å². The molecule has 8 heteroatoms. The standard InChI is InChI=1S/C36H37ClF2N5/c1-7-44(6)34-18-33(43-35(22(34)3)28-15-21(2)31(38)17-32(28)39)29(25-11-9-8-10-12-25)20-40-23(4)27-16-30(37)24(5)42-36(41-19-27)26-13-14-26/h8-12,15-19,26,29,40H,4-7,13-14,20H2,1-3H3,(H,41,42)/q+1/b27-19+,30-16+. The highest BCUT2D eigenvalue weighted by Crippen LogP contribution is 2.36. The molecule has 2 N–H and O–H groups in total. The molecule has 1 aliphatic carbocycles. The second kappa shape index (κ2) is 13.1. The molecule has 1 fully saturated rings. The molecular weight excluding hydrogens is 576 g/mol. The molecule has 1 unspecified atom stereocenters. The van der Waals surface area contributed by atoms with Crippen molar-refractivity contribution in [3.05, 3.63) is 130 Å². The zero-order valence-corrected chi connectivity index (χ0v) is 26.1. The molecule has 226 valence electrons. The molecule has 2 aromatic carbocycles. The maximum absolute atomic E-state index is 15.3. The Bertz CT molecular complexity index is 1730. The van der Waals surface area contributed by atoms with Gasteiger partial charge in [-0.3, -0.25) is 4.98 Å². The molecule has 0 spiro atoms. The first-order valence-corrected chi connectivity index (χ1v) is 15.1. The van der Waals surface area contributed by atoms with Crippen molar-refractivity contribution in [2.75, 3.05) is 13.1 Å². The van der Waals surface area contributed by atoms with Crippen molar-refractivity contribution in [2.45, 2.75) is 39.5 Å². The van der Waals surface area contributed by atoms with Crippen molar-refractivity contribution in [3.63, 3.8) is 0 Å². The third-order valence-corrected chi connectivity index (χ3v) is 8.41. The Labute approximate surface area is 263 Å². The van der Waals surface area contributed by atoms with E-state index in [0.29, 0.717) is 52.4 Å². The Kier molecular flexibility index (Phi) is 9.25. The smallest absolute Gasteiger partial charge is 0.211 e. The van der Waals surface area contributed by atoms with Crippen LogP contribution in [0.25, 0.3) is 11.3 Å². The summed E-state index contributed by atoms with van der Waals surface area (Å²) in [6.45, 7) is 19.1. The first-order valence-electron chi connectivity index (χ1n) is 14.7. The second-order valence-corrected chi connectivity index (χ2v) is 11.7. The molecule has 44 heavy (non-hydrogen) atoms. The van der Waals surface area contributed by atoms with Gasteiger partial charge in [-0.25, -0.2) is 18.3 Å². The Balaban J connectivity index is 1.56. The molecule has 5 rings (SSSR count). The molecule has 1 aromatic heterocycles. The molecule has 2 heterocycles. The minimum absolute atomic E-state index is 0.246. The van der Waals surface area contributed by atoms with Crippen LogP contribution in [0.15, 0.2) is 101 Å². The number of hydrogen-bond donors (Lipinski definition) is 2. The van der Waals surface area contributed by atoms with Gasteiger partial charge in [0.1, 0.15) is 30.7 Å². The van der Waals surface area contributed by atoms with Crippen LogP contribution in [-0.2, 0) is 0 Å². The fourth-order valence-corrected chi connectivity index (χ4v) is 5.34. The highest BCUT2D eigenvalue weighted by Gasteiger charge is 2.29. The van der Waals surface area contributed by atoms with Gasteiger partial charge in [0.05, 0.1) is 22.1 Å². The number of nitrogens with one attached hydrogen (secondary N) is 2. The Morgan fingerprint density at radius 3 is 2.55 bits per heavy atom. The number of halogens is 3. The predicted molar refractivity (Wildman–Crippen MR) is 177 cm³/mol. The van der Waals surface area contributed by atoms with E-state index in [-0.39, 0.29) is 11.5 Å². The van der Waals surface area contributed by atoms with Crippen LogP contribution in [0.1, 0.15) is 48.1 Å². The summed E-state index contributed by atoms with van der Waals surface area (Å²) in [4.78, 5) is 9.71. The number of amidine groups is 1. The van der Waals surface area contributed by atoms with Gasteiger partial charge in [-0.05, 0) is 56.9 Å². The third-order valence-electron chi connectivity index (χ3n) is 8.07. The van der Waals surface area contributed by atoms with Crippen molar-refractivity contribution in [2.24, 2.45) is 10.9 Å². The average molecular weight is 613 g/mol. The van der Waals surface area contributed by atoms with Gasteiger partial charge in [0.15, 0.2) is 0 Å². The van der Waals surface area contributed by atoms with Crippen LogP contribution >= 0.6 is 11.6 Å². The van der Waals surface area contributed by atoms with E-state index in [1.54, 1.807) is 19.2 Å². The number of hydrogen-bond acceptors (Lipinski definition) is 4. The molecule has 5 nitrogen and oxygen atoms in total. The molecule has 0 saturated heterocycles. The number of aliphatic imine (C=N–C) groups is 1. The van der Waals surface area contributed by atoms with Gasteiger partial charge in [0.25, 0.3) is 0 Å². The normalized spacial score (nSPS) is 18.0. The molecule has 1 saturated carbocycles. The van der Waals surface area contributed by atoms with Crippen LogP contribution in [0.4, 0.5) is 14.5 Å². The van der Waals surface area contributed by atoms with Gasteiger partial charge in [-0.2, -0.15) is 0 Å². The van der Waals surface area contributed by atoms with E-state index in [2.05, 4.69) is 35.5 Å². The van der Waals surface area contributed by atoms with Gasteiger partial charge in [-0.15, -0.1) is 0 Å². The summed E-state index contributed by atoms with van der Waals surface area (Å²) >= 11 is 6.57. The van der Waals surface area contributed by atoms with Crippen LogP contribution in [0.2, 0.25) is 0 Å². The Morgan fingerprint density at radius 2 is 1.86 bits per heavy atom. The van der Waals surface area contributed by atoms with E-state index in [1.165, 1.54) is 6.07 Å². The molecule has 1 atom stereocenters. The highest BCUT2D eigenvalue weighted by molar-refractivity contribution is 6.32. The fourth-order valence-electron chi connectivity index (χ4n) is 5.17. The summed E-state index contributed by atoms with van der Waals surface area (Å²) < 4.78 is 31.3. The van der Waals surface area contributed by atoms with Crippen molar-refractivity contribution in [3.8, 4) is 11.3 Å². The zero-order chi connectivity index (χ0) is 31.5. The molecule has 0 amide bonds. The van der Waals surface area contributed by atoms with Crippen LogP contribution in [0.5, 0.6) is 0 Å². The molecule has 0 bridgehead atoms. The molecule has 3 aromatic rings. The summed E-state index contributed by atoms with van der Waals surface area (Å²) in [5, 5.41) is 7.19. The minimum Gasteiger partial charge on any atom is -0.384 e. The number of aryl methyl sites for hydroxylation is 1. The lowest BCUT2D eigenvalue weighted by Crippen LogP contribution is -2.26. The number of nitrogens with zero attached hydrogens (tertiary/aromatic N) is 3. The first-order chi connectivity index (χ1) is 21.1. The van der Waals surface area contributed by atoms with Gasteiger partial charge in [0.2, 0.25) is 5.69 Å². The van der Waals surface area contributed by atoms with Crippen LogP contribution in [-0.4, -0.2) is 35.2 Å². The molecule has 1 aliphatic heterocycles. The van der Waals surface area contributed by atoms with Crippen molar-refractivity contribution in [1.29, 1.82) is 0 Å². The summed E-state index contributed by atoms with van der Waals surface area (Å²) in [5.74, 6) is -0.268. The van der Waals surface area contributed by atoms with Crippen LogP contribution in [0.3, 0.4) is 0 Å². The van der Waals surface area contributed by atoms with E-state index in [9.17, 15) is 4.39 Å². The highest BCUT2D eigenvalue weighted by atomic mass is 35.5. The Morgan fingerprint density at radius 1 is 1.14 bits per heavy atom. The minimum atomic E-state index is -0.663. The van der Waals surface area contributed by atoms with Crippen LogP contribution < -0.4 is 10.6 Å². The summed E-state index contributed by atoms with van der Waals surface area (Å²) in [6.07, 6.45) is 5.72. The fraction of sp³-hybridized carbons (Fsp3) is 0.250. The zero-order valence-electron chi connectivity index (χ0n) is 25.4. The number of aromatic nitrogens is 1. The van der Waals surface area contributed by atoms with E-state index >= 15 is 4.39 Å². The quantitative estimate of drug-likeness (QED) is 0.179. The summed E-state index contributed by atoms with van der Waals surface area (Å²) in [5.41, 5.74) is 6.31. The predicted octanol–water partition coefficient (Wildman–Crippen LogP) is 8.18. The maximum atomic E-state index is 15.3. The largest absolute Gasteiger partial charge is 0.384 e. The van der Waals surface area contributed by atoms with Gasteiger partial charge in [0, 0.05) is 59.1 Å². The topological polar surface area (TPSA) is 52.3 Å². The SMILES string of the molecule is C=C1NC(C2CC2)=N/C=C(C(=C)NCC(c2ccccc2)c2cc([N+](=C)CC)c(C)c(-c3cc(C)c(F)cc3F)n2)\C=C/1Cl. The van der Waals surface area contributed by atoms with E-state index in [4.69, 9.17) is 16.6 Å². The van der Waals surface area contributed by atoms with Crippen LogP contribution in [0, 0.1) is 31.4 Å². The first kappa shape index (κ1) is 31.1. The second-order valence-electron chi connectivity index (χ2n) is 11.3. The van der Waals surface area contributed by atoms with Gasteiger partial charge < -0.3 is 10.6 Å². The monoisotopic (exact) mass is 612 g/mol. The number of pyridine rings is 1. The number of allylic oxidation sites excluding steroid dienone is 2. The number of benzene rings is 2.